The van der Waals surface area contributed by atoms with E-state index in [-0.39, 0.29) is 18.4 Å². The van der Waals surface area contributed by atoms with Crippen molar-refractivity contribution in [1.82, 2.24) is 0 Å². The van der Waals surface area contributed by atoms with E-state index in [9.17, 15) is 22.0 Å². The Hall–Kier alpha value is -1.54. The maximum absolute atomic E-state index is 13.6. The zero-order valence-corrected chi connectivity index (χ0v) is 10.9. The van der Waals surface area contributed by atoms with Gasteiger partial charge in [0.15, 0.2) is 9.84 Å². The van der Waals surface area contributed by atoms with Gasteiger partial charge in [-0.25, -0.2) is 17.2 Å². The zero-order chi connectivity index (χ0) is 14.8. The number of hydrogen-bond donors (Lipinski definition) is 2. The quantitative estimate of drug-likeness (QED) is 0.851. The second kappa shape index (κ2) is 5.62. The van der Waals surface area contributed by atoms with Crippen LogP contribution in [0.3, 0.4) is 0 Å². The third-order valence-corrected chi connectivity index (χ3v) is 3.62. The first-order valence-electron chi connectivity index (χ1n) is 5.29. The van der Waals surface area contributed by atoms with Crippen LogP contribution in [0, 0.1) is 11.6 Å². The smallest absolute Gasteiger partial charge is 0.303 e. The fraction of sp³-hybridized carbons (Fsp3) is 0.364. The number of hydrogen-bond acceptors (Lipinski definition) is 4. The fourth-order valence-corrected chi connectivity index (χ4v) is 2.42. The molecular weight excluding hydrogens is 280 g/mol. The average Bonchev–Trinajstić information content (AvgIpc) is 2.22. The van der Waals surface area contributed by atoms with Crippen LogP contribution < -0.4 is 5.73 Å². The highest BCUT2D eigenvalue weighted by Crippen LogP contribution is 2.24. The summed E-state index contributed by atoms with van der Waals surface area (Å²) < 4.78 is 49.5. The van der Waals surface area contributed by atoms with E-state index in [2.05, 4.69) is 0 Å². The molecule has 0 bridgehead atoms. The molecule has 0 aliphatic carbocycles. The largest absolute Gasteiger partial charge is 0.481 e. The number of rotatable bonds is 5. The molecule has 0 saturated heterocycles. The molecule has 19 heavy (non-hydrogen) atoms. The van der Waals surface area contributed by atoms with Crippen molar-refractivity contribution in [2.24, 2.45) is 5.73 Å². The van der Waals surface area contributed by atoms with Gasteiger partial charge in [0.25, 0.3) is 0 Å². The van der Waals surface area contributed by atoms with Crippen molar-refractivity contribution >= 4 is 15.8 Å². The number of nitrogens with two attached hydrogens (primary N) is 1. The minimum Gasteiger partial charge on any atom is -0.481 e. The van der Waals surface area contributed by atoms with E-state index in [1.165, 1.54) is 0 Å². The van der Waals surface area contributed by atoms with E-state index < -0.39 is 38.4 Å². The van der Waals surface area contributed by atoms with Gasteiger partial charge in [0.05, 0.1) is 0 Å². The van der Waals surface area contributed by atoms with Crippen LogP contribution in [0.4, 0.5) is 8.78 Å². The molecule has 0 spiro atoms. The van der Waals surface area contributed by atoms with Crippen LogP contribution in [0.2, 0.25) is 0 Å². The molecule has 0 amide bonds. The maximum Gasteiger partial charge on any atom is 0.303 e. The molecule has 0 heterocycles. The highest BCUT2D eigenvalue weighted by molar-refractivity contribution is 7.90. The predicted octanol–water partition coefficient (Wildman–Crippen LogP) is 1.23. The van der Waals surface area contributed by atoms with Crippen molar-refractivity contribution in [2.45, 2.75) is 23.8 Å². The number of halogens is 2. The number of benzene rings is 1. The molecule has 8 heteroatoms. The molecular formula is C11H13F2NO4S. The summed E-state index contributed by atoms with van der Waals surface area (Å²) in [5.41, 5.74) is 5.61. The highest BCUT2D eigenvalue weighted by Gasteiger charge is 2.22. The van der Waals surface area contributed by atoms with Crippen LogP contribution >= 0.6 is 0 Å². The summed E-state index contributed by atoms with van der Waals surface area (Å²) in [7, 11) is -4.02. The minimum absolute atomic E-state index is 0.00750. The van der Waals surface area contributed by atoms with Crippen LogP contribution in [-0.4, -0.2) is 25.7 Å². The van der Waals surface area contributed by atoms with Gasteiger partial charge in [-0.2, -0.15) is 0 Å². The van der Waals surface area contributed by atoms with E-state index in [1.807, 2.05) is 0 Å². The second-order valence-electron chi connectivity index (χ2n) is 4.12. The van der Waals surface area contributed by atoms with Crippen molar-refractivity contribution in [3.63, 3.8) is 0 Å². The van der Waals surface area contributed by atoms with Crippen LogP contribution in [0.1, 0.15) is 24.4 Å². The monoisotopic (exact) mass is 293 g/mol. The van der Waals surface area contributed by atoms with Crippen molar-refractivity contribution in [3.8, 4) is 0 Å². The van der Waals surface area contributed by atoms with Crippen LogP contribution in [0.15, 0.2) is 17.0 Å². The number of aliphatic carboxylic acids is 1. The third kappa shape index (κ3) is 3.97. The van der Waals surface area contributed by atoms with Gasteiger partial charge in [-0.3, -0.25) is 4.79 Å². The molecule has 0 saturated carbocycles. The molecule has 1 aromatic rings. The minimum atomic E-state index is -4.02. The Bertz CT molecular complexity index is 578. The number of sulfone groups is 1. The Balaban J connectivity index is 3.11. The number of carboxylic acids is 1. The summed E-state index contributed by atoms with van der Waals surface area (Å²) in [6.45, 7) is 0. The Kier molecular flexibility index (Phi) is 4.59. The topological polar surface area (TPSA) is 97.5 Å². The lowest BCUT2D eigenvalue weighted by Crippen LogP contribution is -2.14. The molecule has 3 N–H and O–H groups in total. The van der Waals surface area contributed by atoms with E-state index in [0.29, 0.717) is 6.26 Å². The molecule has 5 nitrogen and oxygen atoms in total. The maximum atomic E-state index is 13.6. The number of carboxylic acid groups (broad SMARTS) is 1. The molecule has 1 unspecified atom stereocenters. The summed E-state index contributed by atoms with van der Waals surface area (Å²) in [6, 6.07) is 0.742. The zero-order valence-electron chi connectivity index (χ0n) is 10.1. The molecule has 1 rings (SSSR count). The van der Waals surface area contributed by atoms with Gasteiger partial charge in [-0.1, -0.05) is 0 Å². The molecule has 106 valence electrons. The van der Waals surface area contributed by atoms with Crippen molar-refractivity contribution in [1.29, 1.82) is 0 Å². The first-order valence-corrected chi connectivity index (χ1v) is 7.18. The van der Waals surface area contributed by atoms with Gasteiger partial charge in [0.1, 0.15) is 16.5 Å². The summed E-state index contributed by atoms with van der Waals surface area (Å²) in [5, 5.41) is 8.49. The van der Waals surface area contributed by atoms with E-state index in [4.69, 9.17) is 10.8 Å². The van der Waals surface area contributed by atoms with Crippen LogP contribution in [0.25, 0.3) is 0 Å². The average molecular weight is 293 g/mol. The first-order chi connectivity index (χ1) is 8.62. The predicted molar refractivity (Wildman–Crippen MR) is 63.3 cm³/mol. The molecule has 0 aliphatic rings. The van der Waals surface area contributed by atoms with Crippen LogP contribution in [0.5, 0.6) is 0 Å². The standard InChI is InChI=1S/C11H13F2NO4S/c1-19(17,18)11-7(12)4-6(5-8(11)13)9(14)2-3-10(15)16/h4-5,9H,2-3,14H2,1H3,(H,15,16). The Morgan fingerprint density at radius 1 is 1.37 bits per heavy atom. The van der Waals surface area contributed by atoms with E-state index in [1.54, 1.807) is 0 Å². The van der Waals surface area contributed by atoms with Gasteiger partial charge < -0.3 is 10.8 Å². The van der Waals surface area contributed by atoms with Gasteiger partial charge >= 0.3 is 5.97 Å². The Labute approximate surface area is 109 Å². The summed E-state index contributed by atoms with van der Waals surface area (Å²) in [6.07, 6.45) is 0.434. The van der Waals surface area contributed by atoms with Gasteiger partial charge in [-0.15, -0.1) is 0 Å². The second-order valence-corrected chi connectivity index (χ2v) is 6.08. The van der Waals surface area contributed by atoms with Crippen LogP contribution in [-0.2, 0) is 14.6 Å². The summed E-state index contributed by atoms with van der Waals surface area (Å²) in [4.78, 5) is 9.36. The molecule has 1 aromatic carbocycles. The van der Waals surface area contributed by atoms with Gasteiger partial charge in [-0.05, 0) is 24.1 Å². The van der Waals surface area contributed by atoms with Crippen molar-refractivity contribution in [2.75, 3.05) is 6.26 Å². The molecule has 0 fully saturated rings. The molecule has 0 radical (unpaired) electrons. The lowest BCUT2D eigenvalue weighted by Gasteiger charge is -2.12. The molecule has 0 aromatic heterocycles. The lowest BCUT2D eigenvalue weighted by atomic mass is 10.0. The highest BCUT2D eigenvalue weighted by atomic mass is 32.2. The van der Waals surface area contributed by atoms with Crippen molar-refractivity contribution in [3.05, 3.63) is 29.3 Å². The van der Waals surface area contributed by atoms with Gasteiger partial charge in [0, 0.05) is 18.7 Å². The summed E-state index contributed by atoms with van der Waals surface area (Å²) >= 11 is 0. The Morgan fingerprint density at radius 2 is 1.84 bits per heavy atom. The Morgan fingerprint density at radius 3 is 2.21 bits per heavy atom. The number of carbonyl (C=O) groups is 1. The van der Waals surface area contributed by atoms with Crippen molar-refractivity contribution < 1.29 is 27.1 Å². The first kappa shape index (κ1) is 15.5. The van der Waals surface area contributed by atoms with E-state index in [0.717, 1.165) is 12.1 Å². The lowest BCUT2D eigenvalue weighted by molar-refractivity contribution is -0.137. The van der Waals surface area contributed by atoms with Gasteiger partial charge in [0.2, 0.25) is 0 Å². The molecule has 0 aliphatic heterocycles. The SMILES string of the molecule is CS(=O)(=O)c1c(F)cc(C(N)CCC(=O)O)cc1F. The fourth-order valence-electron chi connectivity index (χ4n) is 1.59. The summed E-state index contributed by atoms with van der Waals surface area (Å²) in [5.74, 6) is -3.55. The van der Waals surface area contributed by atoms with E-state index >= 15 is 0 Å². The third-order valence-electron chi connectivity index (χ3n) is 2.49. The normalized spacial score (nSPS) is 13.3. The molecule has 1 atom stereocenters.